The molecular weight excluding hydrogens is 276 g/mol. The van der Waals surface area contributed by atoms with Crippen molar-refractivity contribution < 1.29 is 24.2 Å². The first kappa shape index (κ1) is 17.3. The number of rotatable bonds is 4. The summed E-state index contributed by atoms with van der Waals surface area (Å²) in [4.78, 5) is 36.8. The molecule has 1 aliphatic rings. The van der Waals surface area contributed by atoms with Crippen molar-refractivity contribution in [1.82, 2.24) is 10.2 Å². The van der Waals surface area contributed by atoms with Crippen molar-refractivity contribution in [2.45, 2.75) is 52.1 Å². The first-order valence-corrected chi connectivity index (χ1v) is 6.94. The fraction of sp³-hybridized carbons (Fsp3) is 0.786. The van der Waals surface area contributed by atoms with E-state index in [1.807, 2.05) is 0 Å². The maximum Gasteiger partial charge on any atom is 0.328 e. The van der Waals surface area contributed by atoms with Gasteiger partial charge in [-0.1, -0.05) is 0 Å². The predicted molar refractivity (Wildman–Crippen MR) is 75.8 cm³/mol. The zero-order chi connectivity index (χ0) is 16.4. The number of esters is 1. The highest BCUT2D eigenvalue weighted by atomic mass is 16.5. The number of ether oxygens (including phenoxy) is 1. The number of nitrogens with one attached hydrogen (secondary N) is 1. The molecule has 0 aromatic rings. The molecule has 0 aromatic heterocycles. The number of carboxylic acid groups (broad SMARTS) is 1. The van der Waals surface area contributed by atoms with Crippen LogP contribution in [0.15, 0.2) is 0 Å². The number of carbonyl (C=O) groups is 3. The van der Waals surface area contributed by atoms with Gasteiger partial charge in [-0.05, 0) is 40.5 Å². The number of methoxy groups -OCH3 is 1. The fourth-order valence-electron chi connectivity index (χ4n) is 2.15. The molecule has 0 bridgehead atoms. The molecule has 2 amide bonds. The lowest BCUT2D eigenvalue weighted by Crippen LogP contribution is -2.60. The number of carbonyl (C=O) groups excluding carboxylic acids is 2. The molecule has 1 rings (SSSR count). The van der Waals surface area contributed by atoms with Crippen LogP contribution in [0, 0.1) is 5.41 Å². The van der Waals surface area contributed by atoms with Crippen molar-refractivity contribution in [3.8, 4) is 0 Å². The van der Waals surface area contributed by atoms with Gasteiger partial charge in [-0.3, -0.25) is 4.79 Å². The zero-order valence-corrected chi connectivity index (χ0v) is 13.2. The van der Waals surface area contributed by atoms with Gasteiger partial charge in [-0.15, -0.1) is 0 Å². The maximum absolute atomic E-state index is 12.4. The van der Waals surface area contributed by atoms with E-state index < -0.39 is 35.0 Å². The van der Waals surface area contributed by atoms with Gasteiger partial charge >= 0.3 is 18.0 Å². The Balaban J connectivity index is 2.85. The summed E-state index contributed by atoms with van der Waals surface area (Å²) in [5.41, 5.74) is -2.12. The molecule has 1 heterocycles. The van der Waals surface area contributed by atoms with Crippen LogP contribution in [0.3, 0.4) is 0 Å². The lowest BCUT2D eigenvalue weighted by atomic mass is 9.74. The Morgan fingerprint density at radius 1 is 1.24 bits per heavy atom. The van der Waals surface area contributed by atoms with Crippen molar-refractivity contribution in [2.24, 2.45) is 5.41 Å². The Hall–Kier alpha value is -1.79. The van der Waals surface area contributed by atoms with Crippen LogP contribution in [0.25, 0.3) is 0 Å². The molecule has 0 saturated carbocycles. The summed E-state index contributed by atoms with van der Waals surface area (Å²) in [7, 11) is 1.29. The minimum atomic E-state index is -1.15. The van der Waals surface area contributed by atoms with Crippen molar-refractivity contribution in [2.75, 3.05) is 13.7 Å². The second kappa shape index (κ2) is 5.91. The highest BCUT2D eigenvalue weighted by Crippen LogP contribution is 2.31. The SMILES string of the molecule is COC(=O)C1CCCN1C(=O)NC(C)(C)C(C)(C)C(=O)O. The summed E-state index contributed by atoms with van der Waals surface area (Å²) >= 11 is 0. The minimum absolute atomic E-state index is 0.442. The summed E-state index contributed by atoms with van der Waals surface area (Å²) in [5.74, 6) is -1.45. The largest absolute Gasteiger partial charge is 0.481 e. The van der Waals surface area contributed by atoms with Crippen LogP contribution in [-0.2, 0) is 14.3 Å². The number of amides is 2. The molecule has 1 aliphatic heterocycles. The molecule has 0 spiro atoms. The minimum Gasteiger partial charge on any atom is -0.481 e. The molecule has 2 N–H and O–H groups in total. The number of aliphatic carboxylic acids is 1. The normalized spacial score (nSPS) is 19.3. The van der Waals surface area contributed by atoms with E-state index in [-0.39, 0.29) is 0 Å². The highest BCUT2D eigenvalue weighted by molar-refractivity contribution is 5.85. The summed E-state index contributed by atoms with van der Waals surface area (Å²) in [6.07, 6.45) is 1.28. The van der Waals surface area contributed by atoms with E-state index in [9.17, 15) is 19.5 Å². The van der Waals surface area contributed by atoms with E-state index >= 15 is 0 Å². The van der Waals surface area contributed by atoms with E-state index in [0.29, 0.717) is 13.0 Å². The van der Waals surface area contributed by atoms with Gasteiger partial charge in [-0.25, -0.2) is 9.59 Å². The quantitative estimate of drug-likeness (QED) is 0.761. The number of urea groups is 1. The lowest BCUT2D eigenvalue weighted by molar-refractivity contribution is -0.151. The second-order valence-corrected chi connectivity index (χ2v) is 6.36. The van der Waals surface area contributed by atoms with E-state index in [1.165, 1.54) is 12.0 Å². The molecule has 21 heavy (non-hydrogen) atoms. The molecule has 1 atom stereocenters. The Kier molecular flexibility index (Phi) is 4.86. The third kappa shape index (κ3) is 3.28. The molecule has 120 valence electrons. The van der Waals surface area contributed by atoms with Crippen LogP contribution in [-0.4, -0.2) is 53.2 Å². The zero-order valence-electron chi connectivity index (χ0n) is 13.2. The summed E-state index contributed by atoms with van der Waals surface area (Å²) in [6, 6.07) is -1.04. The maximum atomic E-state index is 12.4. The van der Waals surface area contributed by atoms with Gasteiger partial charge in [0.05, 0.1) is 18.1 Å². The molecular formula is C14H24N2O5. The molecule has 0 radical (unpaired) electrons. The number of carboxylic acids is 1. The smallest absolute Gasteiger partial charge is 0.328 e. The molecule has 1 fully saturated rings. The summed E-state index contributed by atoms with van der Waals surface area (Å²) in [5, 5.41) is 12.0. The standard InChI is InChI=1S/C14H24N2O5/c1-13(2,11(18)19)14(3,4)15-12(20)16-8-6-7-9(16)10(17)21-5/h9H,6-8H2,1-5H3,(H,15,20)(H,18,19). The molecule has 7 heteroatoms. The van der Waals surface area contributed by atoms with E-state index in [1.54, 1.807) is 27.7 Å². The van der Waals surface area contributed by atoms with Gasteiger partial charge in [0, 0.05) is 6.54 Å². The third-order valence-electron chi connectivity index (χ3n) is 4.50. The summed E-state index contributed by atoms with van der Waals surface area (Å²) < 4.78 is 4.70. The second-order valence-electron chi connectivity index (χ2n) is 6.36. The number of hydrogen-bond acceptors (Lipinski definition) is 4. The van der Waals surface area contributed by atoms with Crippen LogP contribution >= 0.6 is 0 Å². The van der Waals surface area contributed by atoms with E-state index in [4.69, 9.17) is 4.74 Å². The Morgan fingerprint density at radius 2 is 1.81 bits per heavy atom. The lowest BCUT2D eigenvalue weighted by Gasteiger charge is -2.40. The predicted octanol–water partition coefficient (Wildman–Crippen LogP) is 1.22. The Bertz CT molecular complexity index is 445. The van der Waals surface area contributed by atoms with Gasteiger partial charge in [0.15, 0.2) is 0 Å². The highest BCUT2D eigenvalue weighted by Gasteiger charge is 2.46. The van der Waals surface area contributed by atoms with Gasteiger partial charge in [0.2, 0.25) is 0 Å². The number of hydrogen-bond donors (Lipinski definition) is 2. The van der Waals surface area contributed by atoms with Crippen molar-refractivity contribution in [3.05, 3.63) is 0 Å². The number of likely N-dealkylation sites (tertiary alicyclic amines) is 1. The monoisotopic (exact) mass is 300 g/mol. The Morgan fingerprint density at radius 3 is 2.29 bits per heavy atom. The molecule has 1 unspecified atom stereocenters. The number of nitrogens with zero attached hydrogens (tertiary/aromatic N) is 1. The molecule has 0 aliphatic carbocycles. The fourth-order valence-corrected chi connectivity index (χ4v) is 2.15. The van der Waals surface area contributed by atoms with Crippen LogP contribution in [0.1, 0.15) is 40.5 Å². The van der Waals surface area contributed by atoms with Crippen LogP contribution in [0.4, 0.5) is 4.79 Å². The van der Waals surface area contributed by atoms with Crippen molar-refractivity contribution in [3.63, 3.8) is 0 Å². The average molecular weight is 300 g/mol. The van der Waals surface area contributed by atoms with Crippen LogP contribution in [0.5, 0.6) is 0 Å². The van der Waals surface area contributed by atoms with Gasteiger partial charge in [0.1, 0.15) is 6.04 Å². The topological polar surface area (TPSA) is 95.9 Å². The van der Waals surface area contributed by atoms with Gasteiger partial charge in [-0.2, -0.15) is 0 Å². The van der Waals surface area contributed by atoms with Crippen molar-refractivity contribution in [1.29, 1.82) is 0 Å². The van der Waals surface area contributed by atoms with E-state index in [2.05, 4.69) is 5.32 Å². The Labute approximate surface area is 124 Å². The average Bonchev–Trinajstić information content (AvgIpc) is 2.86. The summed E-state index contributed by atoms with van der Waals surface area (Å²) in [6.45, 7) is 6.87. The van der Waals surface area contributed by atoms with Crippen molar-refractivity contribution >= 4 is 18.0 Å². The molecule has 0 aromatic carbocycles. The van der Waals surface area contributed by atoms with Gasteiger partial charge in [0.25, 0.3) is 0 Å². The first-order valence-electron chi connectivity index (χ1n) is 6.94. The van der Waals surface area contributed by atoms with Crippen LogP contribution < -0.4 is 5.32 Å². The molecule has 7 nitrogen and oxygen atoms in total. The van der Waals surface area contributed by atoms with Gasteiger partial charge < -0.3 is 20.1 Å². The third-order valence-corrected chi connectivity index (χ3v) is 4.50. The van der Waals surface area contributed by atoms with Crippen LogP contribution in [0.2, 0.25) is 0 Å². The molecule has 1 saturated heterocycles. The van der Waals surface area contributed by atoms with E-state index in [0.717, 1.165) is 6.42 Å². The first-order chi connectivity index (χ1) is 9.54.